The highest BCUT2D eigenvalue weighted by atomic mass is 35.5. The van der Waals surface area contributed by atoms with Crippen molar-refractivity contribution in [2.75, 3.05) is 11.5 Å². The molecule has 0 saturated carbocycles. The van der Waals surface area contributed by atoms with Gasteiger partial charge >= 0.3 is 11.9 Å². The van der Waals surface area contributed by atoms with Crippen molar-refractivity contribution in [1.82, 2.24) is 14.4 Å². The Bertz CT molecular complexity index is 1600. The third kappa shape index (κ3) is 4.08. The van der Waals surface area contributed by atoms with Crippen molar-refractivity contribution in [2.45, 2.75) is 26.8 Å². The number of Topliss-reactive ketones (excluding diaryl/α,β-unsaturated/α-hetero) is 1. The number of fused-ring (bicyclic) bond motifs is 1. The van der Waals surface area contributed by atoms with Gasteiger partial charge in [0.15, 0.2) is 10.9 Å². The molecule has 0 bridgehead atoms. The number of ketones is 1. The number of carbonyl (C=O) groups is 3. The first-order chi connectivity index (χ1) is 17.7. The Morgan fingerprint density at radius 1 is 1.11 bits per heavy atom. The number of aliphatic hydroxyl groups is 1. The fourth-order valence-corrected chi connectivity index (χ4v) is 5.50. The molecule has 1 saturated heterocycles. The average molecular weight is 537 g/mol. The SMILES string of the molecule is CCOC(=O)c1sc(N2C(=O)C(=O)C(=C(O)c3c(C)nc4ccccn34)C2c2ccc(Cl)cc2)nc1C. The third-order valence-corrected chi connectivity index (χ3v) is 7.40. The summed E-state index contributed by atoms with van der Waals surface area (Å²) >= 11 is 7.05. The summed E-state index contributed by atoms with van der Waals surface area (Å²) < 4.78 is 6.76. The molecular weight excluding hydrogens is 516 g/mol. The van der Waals surface area contributed by atoms with Crippen LogP contribution in [0.25, 0.3) is 11.4 Å². The molecule has 1 unspecified atom stereocenters. The molecule has 9 nitrogen and oxygen atoms in total. The number of carbonyl (C=O) groups excluding carboxylic acids is 3. The maximum atomic E-state index is 13.5. The van der Waals surface area contributed by atoms with E-state index in [4.69, 9.17) is 16.3 Å². The van der Waals surface area contributed by atoms with E-state index >= 15 is 0 Å². The number of hydrogen-bond donors (Lipinski definition) is 1. The first kappa shape index (κ1) is 24.7. The van der Waals surface area contributed by atoms with Gasteiger partial charge in [-0.1, -0.05) is 41.1 Å². The topological polar surface area (TPSA) is 114 Å². The molecule has 0 aliphatic carbocycles. The molecule has 11 heteroatoms. The number of anilines is 1. The van der Waals surface area contributed by atoms with E-state index in [1.165, 1.54) is 4.90 Å². The number of amides is 1. The summed E-state index contributed by atoms with van der Waals surface area (Å²) in [6, 6.07) is 10.9. The molecule has 0 spiro atoms. The molecule has 5 rings (SSSR count). The number of nitrogens with zero attached hydrogens (tertiary/aromatic N) is 4. The van der Waals surface area contributed by atoms with Gasteiger partial charge in [-0.05, 0) is 50.6 Å². The van der Waals surface area contributed by atoms with E-state index < -0.39 is 23.7 Å². The Morgan fingerprint density at radius 3 is 2.54 bits per heavy atom. The minimum Gasteiger partial charge on any atom is -0.505 e. The Balaban J connectivity index is 1.74. The number of esters is 1. The number of aromatic nitrogens is 3. The summed E-state index contributed by atoms with van der Waals surface area (Å²) in [6.45, 7) is 5.21. The van der Waals surface area contributed by atoms with E-state index in [-0.39, 0.29) is 27.9 Å². The third-order valence-electron chi connectivity index (χ3n) is 6.01. The van der Waals surface area contributed by atoms with Crippen LogP contribution in [-0.4, -0.2) is 43.7 Å². The maximum absolute atomic E-state index is 13.5. The van der Waals surface area contributed by atoms with Crippen LogP contribution in [0, 0.1) is 13.8 Å². The summed E-state index contributed by atoms with van der Waals surface area (Å²) in [5, 5.41) is 12.1. The van der Waals surface area contributed by atoms with Gasteiger partial charge in [0.1, 0.15) is 16.2 Å². The second-order valence-corrected chi connectivity index (χ2v) is 9.74. The number of aryl methyl sites for hydroxylation is 2. The first-order valence-electron chi connectivity index (χ1n) is 11.4. The zero-order valence-electron chi connectivity index (χ0n) is 20.1. The summed E-state index contributed by atoms with van der Waals surface area (Å²) in [5.74, 6) is -2.69. The lowest BCUT2D eigenvalue weighted by Gasteiger charge is -2.23. The number of imidazole rings is 1. The van der Waals surface area contributed by atoms with E-state index in [1.807, 2.05) is 6.07 Å². The molecular formula is C26H21ClN4O5S. The van der Waals surface area contributed by atoms with Crippen LogP contribution >= 0.6 is 22.9 Å². The zero-order valence-corrected chi connectivity index (χ0v) is 21.6. The van der Waals surface area contributed by atoms with Crippen LogP contribution < -0.4 is 4.90 Å². The second kappa shape index (κ2) is 9.45. The van der Waals surface area contributed by atoms with E-state index in [9.17, 15) is 19.5 Å². The van der Waals surface area contributed by atoms with Crippen molar-refractivity contribution in [3.05, 3.63) is 86.8 Å². The van der Waals surface area contributed by atoms with Crippen LogP contribution in [0.4, 0.5) is 5.13 Å². The predicted octanol–water partition coefficient (Wildman–Crippen LogP) is 4.86. The molecule has 1 amide bonds. The van der Waals surface area contributed by atoms with Gasteiger partial charge in [-0.15, -0.1) is 0 Å². The normalized spacial score (nSPS) is 17.1. The maximum Gasteiger partial charge on any atom is 0.350 e. The molecule has 3 aromatic heterocycles. The summed E-state index contributed by atoms with van der Waals surface area (Å²) in [5.41, 5.74) is 2.14. The Labute approximate surface area is 220 Å². The number of aliphatic hydroxyl groups excluding tert-OH is 1. The summed E-state index contributed by atoms with van der Waals surface area (Å²) in [7, 11) is 0. The van der Waals surface area contributed by atoms with Gasteiger partial charge in [0.05, 0.1) is 29.6 Å². The minimum atomic E-state index is -1.02. The number of benzene rings is 1. The lowest BCUT2D eigenvalue weighted by molar-refractivity contribution is -0.132. The number of thiazole rings is 1. The van der Waals surface area contributed by atoms with Crippen molar-refractivity contribution in [3.63, 3.8) is 0 Å². The van der Waals surface area contributed by atoms with Crippen LogP contribution in [0.5, 0.6) is 0 Å². The van der Waals surface area contributed by atoms with Crippen LogP contribution in [0.15, 0.2) is 54.2 Å². The second-order valence-electron chi connectivity index (χ2n) is 8.33. The monoisotopic (exact) mass is 536 g/mol. The van der Waals surface area contributed by atoms with Gasteiger partial charge in [0.2, 0.25) is 0 Å². The van der Waals surface area contributed by atoms with E-state index in [1.54, 1.807) is 67.8 Å². The van der Waals surface area contributed by atoms with Crippen LogP contribution in [0.3, 0.4) is 0 Å². The van der Waals surface area contributed by atoms with Gasteiger partial charge in [-0.2, -0.15) is 0 Å². The Kier molecular flexibility index (Phi) is 6.30. The zero-order chi connectivity index (χ0) is 26.4. The van der Waals surface area contributed by atoms with Crippen LogP contribution in [0.2, 0.25) is 5.02 Å². The first-order valence-corrected chi connectivity index (χ1v) is 12.6. The number of halogens is 1. The Hall–Kier alpha value is -4.02. The van der Waals surface area contributed by atoms with Crippen molar-refractivity contribution >= 4 is 57.1 Å². The Morgan fingerprint density at radius 2 is 1.84 bits per heavy atom. The van der Waals surface area contributed by atoms with E-state index in [0.717, 1.165) is 11.3 Å². The highest BCUT2D eigenvalue weighted by Gasteiger charge is 2.49. The van der Waals surface area contributed by atoms with Gasteiger partial charge in [0, 0.05) is 11.2 Å². The fourth-order valence-electron chi connectivity index (χ4n) is 4.39. The van der Waals surface area contributed by atoms with Crippen molar-refractivity contribution in [3.8, 4) is 0 Å². The molecule has 1 N–H and O–H groups in total. The van der Waals surface area contributed by atoms with Crippen LogP contribution in [-0.2, 0) is 14.3 Å². The molecule has 4 aromatic rings. The quantitative estimate of drug-likeness (QED) is 0.167. The van der Waals surface area contributed by atoms with Crippen molar-refractivity contribution in [1.29, 1.82) is 0 Å². The highest BCUT2D eigenvalue weighted by molar-refractivity contribution is 7.17. The predicted molar refractivity (Wildman–Crippen MR) is 139 cm³/mol. The summed E-state index contributed by atoms with van der Waals surface area (Å²) in [4.78, 5) is 49.7. The fraction of sp³-hybridized carbons (Fsp3) is 0.192. The molecule has 4 heterocycles. The van der Waals surface area contributed by atoms with Crippen molar-refractivity contribution < 1.29 is 24.2 Å². The molecule has 1 aromatic carbocycles. The lowest BCUT2D eigenvalue weighted by atomic mass is 9.96. The molecule has 188 valence electrons. The van der Waals surface area contributed by atoms with Crippen molar-refractivity contribution in [2.24, 2.45) is 0 Å². The number of hydrogen-bond acceptors (Lipinski definition) is 8. The molecule has 1 fully saturated rings. The molecule has 1 aliphatic rings. The number of rotatable bonds is 5. The number of ether oxygens (including phenoxy) is 1. The van der Waals surface area contributed by atoms with Gasteiger partial charge in [-0.25, -0.2) is 14.8 Å². The van der Waals surface area contributed by atoms with Gasteiger partial charge in [0.25, 0.3) is 5.78 Å². The lowest BCUT2D eigenvalue weighted by Crippen LogP contribution is -2.29. The molecule has 1 atom stereocenters. The summed E-state index contributed by atoms with van der Waals surface area (Å²) in [6.07, 6.45) is 1.72. The van der Waals surface area contributed by atoms with Gasteiger partial charge in [-0.3, -0.25) is 18.9 Å². The standard InChI is InChI=1S/C26H21ClN4O5S/c1-4-36-25(35)23-14(3)29-26(37-23)31-20(15-8-10-16(27)11-9-15)18(22(33)24(31)34)21(32)19-13(2)28-17-7-5-6-12-30(17)19/h5-12,20,32H,4H2,1-3H3. The number of pyridine rings is 1. The molecule has 37 heavy (non-hydrogen) atoms. The highest BCUT2D eigenvalue weighted by Crippen LogP contribution is 2.44. The minimum absolute atomic E-state index is 0.119. The van der Waals surface area contributed by atoms with E-state index in [0.29, 0.717) is 33.3 Å². The van der Waals surface area contributed by atoms with E-state index in [2.05, 4.69) is 9.97 Å². The smallest absolute Gasteiger partial charge is 0.350 e. The largest absolute Gasteiger partial charge is 0.505 e. The molecule has 1 aliphatic heterocycles. The molecule has 0 radical (unpaired) electrons. The van der Waals surface area contributed by atoms with Gasteiger partial charge < -0.3 is 9.84 Å². The van der Waals surface area contributed by atoms with Crippen LogP contribution in [0.1, 0.15) is 45.3 Å². The average Bonchev–Trinajstić information content (AvgIpc) is 3.50.